The van der Waals surface area contributed by atoms with Crippen LogP contribution in [0.15, 0.2) is 72.1 Å². The van der Waals surface area contributed by atoms with Gasteiger partial charge in [-0.1, -0.05) is 36.4 Å². The van der Waals surface area contributed by atoms with Gasteiger partial charge in [-0.3, -0.25) is 0 Å². The van der Waals surface area contributed by atoms with Gasteiger partial charge in [-0.2, -0.15) is 5.10 Å². The van der Waals surface area contributed by atoms with Crippen LogP contribution in [0.5, 0.6) is 0 Å². The number of aryl methyl sites for hydroxylation is 1. The molecule has 2 aromatic heterocycles. The molecular formula is C20H19N5. The Morgan fingerprint density at radius 1 is 1.12 bits per heavy atom. The average molecular weight is 329 g/mol. The number of fused-ring (bicyclic) bond motifs is 1. The van der Waals surface area contributed by atoms with Crippen LogP contribution in [0.3, 0.4) is 0 Å². The SMILES string of the molecule is Cc1cn(N=Cc2ccc3c(ccn3Cc3ccccc3)c2)c(N)n1. The Kier molecular flexibility index (Phi) is 3.82. The Morgan fingerprint density at radius 2 is 1.96 bits per heavy atom. The van der Waals surface area contributed by atoms with E-state index in [9.17, 15) is 0 Å². The minimum absolute atomic E-state index is 0.392. The molecule has 0 spiro atoms. The first-order chi connectivity index (χ1) is 12.2. The molecule has 0 aliphatic heterocycles. The first-order valence-corrected chi connectivity index (χ1v) is 8.18. The van der Waals surface area contributed by atoms with E-state index in [-0.39, 0.29) is 0 Å². The summed E-state index contributed by atoms with van der Waals surface area (Å²) in [6, 6.07) is 18.9. The molecule has 2 N–H and O–H groups in total. The summed E-state index contributed by atoms with van der Waals surface area (Å²) in [6.07, 6.45) is 5.72. The van der Waals surface area contributed by atoms with Crippen LogP contribution in [-0.2, 0) is 6.54 Å². The zero-order chi connectivity index (χ0) is 17.2. The molecule has 0 fully saturated rings. The second kappa shape index (κ2) is 6.28. The van der Waals surface area contributed by atoms with Gasteiger partial charge < -0.3 is 10.3 Å². The monoisotopic (exact) mass is 329 g/mol. The van der Waals surface area contributed by atoms with Crippen molar-refractivity contribution in [3.05, 3.63) is 83.8 Å². The van der Waals surface area contributed by atoms with Crippen molar-refractivity contribution in [3.63, 3.8) is 0 Å². The van der Waals surface area contributed by atoms with E-state index >= 15 is 0 Å². The van der Waals surface area contributed by atoms with Crippen LogP contribution in [0, 0.1) is 6.92 Å². The molecule has 25 heavy (non-hydrogen) atoms. The van der Waals surface area contributed by atoms with Gasteiger partial charge in [0, 0.05) is 23.6 Å². The smallest absolute Gasteiger partial charge is 0.221 e. The van der Waals surface area contributed by atoms with Crippen molar-refractivity contribution in [2.24, 2.45) is 5.10 Å². The molecule has 0 aliphatic carbocycles. The topological polar surface area (TPSA) is 61.1 Å². The van der Waals surface area contributed by atoms with E-state index in [4.69, 9.17) is 5.73 Å². The van der Waals surface area contributed by atoms with Crippen molar-refractivity contribution in [3.8, 4) is 0 Å². The van der Waals surface area contributed by atoms with Gasteiger partial charge in [0.1, 0.15) is 0 Å². The van der Waals surface area contributed by atoms with Crippen molar-refractivity contribution in [1.82, 2.24) is 14.2 Å². The molecular weight excluding hydrogens is 310 g/mol. The van der Waals surface area contributed by atoms with E-state index in [1.807, 2.05) is 13.0 Å². The Balaban J connectivity index is 1.60. The van der Waals surface area contributed by atoms with Gasteiger partial charge in [0.05, 0.1) is 18.1 Å². The van der Waals surface area contributed by atoms with Gasteiger partial charge >= 0.3 is 0 Å². The summed E-state index contributed by atoms with van der Waals surface area (Å²) in [5.74, 6) is 0.392. The highest BCUT2D eigenvalue weighted by atomic mass is 15.4. The quantitative estimate of drug-likeness (QED) is 0.581. The summed E-state index contributed by atoms with van der Waals surface area (Å²) in [5.41, 5.74) is 10.2. The lowest BCUT2D eigenvalue weighted by atomic mass is 10.1. The average Bonchev–Trinajstić information content (AvgIpc) is 3.16. The number of rotatable bonds is 4. The van der Waals surface area contributed by atoms with Crippen molar-refractivity contribution in [1.29, 1.82) is 0 Å². The van der Waals surface area contributed by atoms with Gasteiger partial charge in [-0.25, -0.2) is 9.66 Å². The first-order valence-electron chi connectivity index (χ1n) is 8.18. The molecule has 0 radical (unpaired) electrons. The van der Waals surface area contributed by atoms with Gasteiger partial charge in [-0.15, -0.1) is 0 Å². The van der Waals surface area contributed by atoms with Crippen molar-refractivity contribution < 1.29 is 0 Å². The normalized spacial score (nSPS) is 11.6. The van der Waals surface area contributed by atoms with E-state index in [1.165, 1.54) is 16.5 Å². The van der Waals surface area contributed by atoms with E-state index < -0.39 is 0 Å². The zero-order valence-corrected chi connectivity index (χ0v) is 14.0. The summed E-state index contributed by atoms with van der Waals surface area (Å²) < 4.78 is 3.84. The van der Waals surface area contributed by atoms with Crippen LogP contribution in [-0.4, -0.2) is 20.4 Å². The Hall–Kier alpha value is -3.34. The van der Waals surface area contributed by atoms with E-state index in [1.54, 1.807) is 17.1 Å². The molecule has 0 aliphatic rings. The molecule has 0 saturated heterocycles. The fraction of sp³-hybridized carbons (Fsp3) is 0.100. The molecule has 4 rings (SSSR count). The molecule has 5 heteroatoms. The lowest BCUT2D eigenvalue weighted by Crippen LogP contribution is -1.98. The number of imidazole rings is 1. The van der Waals surface area contributed by atoms with E-state index in [2.05, 4.69) is 69.4 Å². The predicted molar refractivity (Wildman–Crippen MR) is 102 cm³/mol. The van der Waals surface area contributed by atoms with Crippen LogP contribution in [0.2, 0.25) is 0 Å². The molecule has 0 amide bonds. The highest BCUT2D eigenvalue weighted by Crippen LogP contribution is 2.18. The minimum Gasteiger partial charge on any atom is -0.368 e. The number of hydrogen-bond donors (Lipinski definition) is 1. The third kappa shape index (κ3) is 3.17. The van der Waals surface area contributed by atoms with E-state index in [0.29, 0.717) is 5.95 Å². The lowest BCUT2D eigenvalue weighted by molar-refractivity contribution is 0.837. The molecule has 124 valence electrons. The molecule has 4 aromatic rings. The number of anilines is 1. The summed E-state index contributed by atoms with van der Waals surface area (Å²) in [6.45, 7) is 2.76. The maximum Gasteiger partial charge on any atom is 0.221 e. The number of nitrogens with two attached hydrogens (primary N) is 1. The number of nitrogen functional groups attached to an aromatic ring is 1. The largest absolute Gasteiger partial charge is 0.368 e. The molecule has 2 heterocycles. The molecule has 0 bridgehead atoms. The van der Waals surface area contributed by atoms with Gasteiger partial charge in [-0.05, 0) is 36.2 Å². The summed E-state index contributed by atoms with van der Waals surface area (Å²) in [4.78, 5) is 4.14. The van der Waals surface area contributed by atoms with Gasteiger partial charge in [0.15, 0.2) is 0 Å². The summed E-state index contributed by atoms with van der Waals surface area (Å²) in [5, 5.41) is 5.57. The first kappa shape index (κ1) is 15.2. The lowest BCUT2D eigenvalue weighted by Gasteiger charge is -2.06. The Bertz CT molecular complexity index is 1040. The van der Waals surface area contributed by atoms with Crippen LogP contribution >= 0.6 is 0 Å². The maximum absolute atomic E-state index is 5.81. The summed E-state index contributed by atoms with van der Waals surface area (Å²) in [7, 11) is 0. The third-order valence-electron chi connectivity index (χ3n) is 4.16. The fourth-order valence-electron chi connectivity index (χ4n) is 2.94. The molecule has 0 saturated carbocycles. The molecule has 2 aromatic carbocycles. The number of hydrogen-bond acceptors (Lipinski definition) is 3. The number of aromatic nitrogens is 3. The molecule has 0 atom stereocenters. The Labute approximate surface area is 146 Å². The highest BCUT2D eigenvalue weighted by molar-refractivity contribution is 5.89. The maximum atomic E-state index is 5.81. The van der Waals surface area contributed by atoms with Crippen molar-refractivity contribution in [2.45, 2.75) is 13.5 Å². The van der Waals surface area contributed by atoms with Crippen molar-refractivity contribution in [2.75, 3.05) is 5.73 Å². The Morgan fingerprint density at radius 3 is 2.72 bits per heavy atom. The second-order valence-electron chi connectivity index (χ2n) is 6.08. The predicted octanol–water partition coefficient (Wildman–Crippen LogP) is 3.66. The highest BCUT2D eigenvalue weighted by Gasteiger charge is 2.03. The molecule has 5 nitrogen and oxygen atoms in total. The van der Waals surface area contributed by atoms with Crippen LogP contribution in [0.25, 0.3) is 10.9 Å². The number of nitrogens with zero attached hydrogens (tertiary/aromatic N) is 4. The molecule has 0 unspecified atom stereocenters. The minimum atomic E-state index is 0.392. The second-order valence-corrected chi connectivity index (χ2v) is 6.08. The van der Waals surface area contributed by atoms with Gasteiger partial charge in [0.2, 0.25) is 5.95 Å². The van der Waals surface area contributed by atoms with Crippen molar-refractivity contribution >= 4 is 23.1 Å². The standard InChI is InChI=1S/C20H19N5/c1-15-13-25(20(21)23-15)22-12-17-7-8-19-18(11-17)9-10-24(19)14-16-5-3-2-4-6-16/h2-13H,14H2,1H3,(H2,21,23). The van der Waals surface area contributed by atoms with Gasteiger partial charge in [0.25, 0.3) is 0 Å². The van der Waals surface area contributed by atoms with Crippen LogP contribution < -0.4 is 5.73 Å². The summed E-state index contributed by atoms with van der Waals surface area (Å²) >= 11 is 0. The van der Waals surface area contributed by atoms with Crippen LogP contribution in [0.1, 0.15) is 16.8 Å². The third-order valence-corrected chi connectivity index (χ3v) is 4.16. The number of benzene rings is 2. The fourth-order valence-corrected chi connectivity index (χ4v) is 2.94. The zero-order valence-electron chi connectivity index (χ0n) is 14.0. The van der Waals surface area contributed by atoms with Crippen LogP contribution in [0.4, 0.5) is 5.95 Å². The van der Waals surface area contributed by atoms with E-state index in [0.717, 1.165) is 17.8 Å².